The Morgan fingerprint density at radius 3 is 2.56 bits per heavy atom. The van der Waals surface area contributed by atoms with Crippen LogP contribution in [0.5, 0.6) is 0 Å². The molecule has 1 fully saturated rings. The molecular weight excluding hydrogens is 228 g/mol. The fourth-order valence-electron chi connectivity index (χ4n) is 2.01. The summed E-state index contributed by atoms with van der Waals surface area (Å²) in [6.07, 6.45) is 0. The van der Waals surface area contributed by atoms with Gasteiger partial charge in [-0.15, -0.1) is 0 Å². The van der Waals surface area contributed by atoms with E-state index >= 15 is 0 Å². The van der Waals surface area contributed by atoms with Crippen molar-refractivity contribution < 1.29 is 4.79 Å². The smallest absolute Gasteiger partial charge is 0.240 e. The third kappa shape index (κ3) is 3.21. The number of nitrogens with one attached hydrogen (secondary N) is 1. The number of hydrogen-bond donors (Lipinski definition) is 2. The van der Waals surface area contributed by atoms with Gasteiger partial charge in [0, 0.05) is 44.6 Å². The van der Waals surface area contributed by atoms with Crippen molar-refractivity contribution in [1.29, 1.82) is 0 Å². The Hall–Kier alpha value is -1.59. The second-order valence-corrected chi connectivity index (χ2v) is 4.57. The molecule has 0 spiro atoms. The van der Waals surface area contributed by atoms with E-state index < -0.39 is 0 Å². The third-order valence-electron chi connectivity index (χ3n) is 3.22. The van der Waals surface area contributed by atoms with Crippen LogP contribution in [0.4, 0.5) is 11.4 Å². The van der Waals surface area contributed by atoms with Gasteiger partial charge in [0.2, 0.25) is 5.91 Å². The number of nitrogens with zero attached hydrogens (tertiary/aromatic N) is 2. The molecule has 1 saturated heterocycles. The first-order chi connectivity index (χ1) is 8.66. The van der Waals surface area contributed by atoms with Gasteiger partial charge in [0.25, 0.3) is 0 Å². The summed E-state index contributed by atoms with van der Waals surface area (Å²) in [5.41, 5.74) is 7.22. The summed E-state index contributed by atoms with van der Waals surface area (Å²) >= 11 is 0. The summed E-state index contributed by atoms with van der Waals surface area (Å²) < 4.78 is 0. The number of anilines is 2. The summed E-state index contributed by atoms with van der Waals surface area (Å²) in [4.78, 5) is 16.0. The number of hydrogen-bond acceptors (Lipinski definition) is 4. The van der Waals surface area contributed by atoms with Crippen molar-refractivity contribution in [2.45, 2.75) is 0 Å². The predicted molar refractivity (Wildman–Crippen MR) is 73.6 cm³/mol. The maximum atomic E-state index is 12.1. The zero-order valence-electron chi connectivity index (χ0n) is 10.7. The van der Waals surface area contributed by atoms with Crippen molar-refractivity contribution in [3.05, 3.63) is 24.3 Å². The van der Waals surface area contributed by atoms with Gasteiger partial charge in [0.1, 0.15) is 0 Å². The van der Waals surface area contributed by atoms with Gasteiger partial charge < -0.3 is 16.0 Å². The zero-order chi connectivity index (χ0) is 13.0. The van der Waals surface area contributed by atoms with Crippen LogP contribution in [0.25, 0.3) is 0 Å². The van der Waals surface area contributed by atoms with E-state index in [1.54, 1.807) is 11.9 Å². The average molecular weight is 248 g/mol. The molecule has 0 unspecified atom stereocenters. The van der Waals surface area contributed by atoms with Crippen LogP contribution in [-0.4, -0.2) is 50.6 Å². The van der Waals surface area contributed by atoms with E-state index in [2.05, 4.69) is 10.2 Å². The van der Waals surface area contributed by atoms with E-state index in [1.807, 2.05) is 24.3 Å². The first-order valence-electron chi connectivity index (χ1n) is 6.22. The molecule has 1 amide bonds. The van der Waals surface area contributed by atoms with Crippen molar-refractivity contribution in [2.24, 2.45) is 0 Å². The van der Waals surface area contributed by atoms with Gasteiger partial charge in [-0.1, -0.05) is 0 Å². The molecule has 1 aromatic rings. The van der Waals surface area contributed by atoms with Crippen LogP contribution in [0.3, 0.4) is 0 Å². The van der Waals surface area contributed by atoms with Crippen LogP contribution < -0.4 is 16.0 Å². The molecule has 98 valence electrons. The van der Waals surface area contributed by atoms with Crippen LogP contribution in [-0.2, 0) is 4.79 Å². The number of carbonyl (C=O) groups is 1. The molecular formula is C13H20N4O. The largest absolute Gasteiger partial charge is 0.399 e. The van der Waals surface area contributed by atoms with E-state index in [0.717, 1.165) is 31.9 Å². The highest BCUT2D eigenvalue weighted by Gasteiger charge is 2.17. The topological polar surface area (TPSA) is 61.6 Å². The third-order valence-corrected chi connectivity index (χ3v) is 3.22. The minimum atomic E-state index is 0.113. The number of nitrogen functional groups attached to an aromatic ring is 1. The van der Waals surface area contributed by atoms with Crippen LogP contribution in [0.15, 0.2) is 24.3 Å². The van der Waals surface area contributed by atoms with Crippen LogP contribution in [0, 0.1) is 0 Å². The summed E-state index contributed by atoms with van der Waals surface area (Å²) in [5.74, 6) is 0.113. The second kappa shape index (κ2) is 5.84. The lowest BCUT2D eigenvalue weighted by atomic mass is 10.2. The fraction of sp³-hybridized carbons (Fsp3) is 0.462. The number of benzene rings is 1. The molecule has 0 atom stereocenters. The summed E-state index contributed by atoms with van der Waals surface area (Å²) in [5, 5.41) is 3.27. The standard InChI is InChI=1S/C13H20N4O/c1-16(12-4-2-11(14)3-5-12)13(18)10-17-8-6-15-7-9-17/h2-5,15H,6-10,14H2,1H3. The van der Waals surface area contributed by atoms with Crippen molar-refractivity contribution in [3.63, 3.8) is 0 Å². The van der Waals surface area contributed by atoms with Crippen LogP contribution in [0.2, 0.25) is 0 Å². The molecule has 0 aromatic heterocycles. The van der Waals surface area contributed by atoms with Gasteiger partial charge in [-0.3, -0.25) is 9.69 Å². The number of carbonyl (C=O) groups excluding carboxylic acids is 1. The summed E-state index contributed by atoms with van der Waals surface area (Å²) in [6, 6.07) is 7.35. The maximum absolute atomic E-state index is 12.1. The SMILES string of the molecule is CN(C(=O)CN1CCNCC1)c1ccc(N)cc1. The highest BCUT2D eigenvalue weighted by Crippen LogP contribution is 2.15. The first kappa shape index (κ1) is 12.9. The van der Waals surface area contributed by atoms with Gasteiger partial charge >= 0.3 is 0 Å². The molecule has 1 aliphatic heterocycles. The Kier molecular flexibility index (Phi) is 4.17. The summed E-state index contributed by atoms with van der Waals surface area (Å²) in [6.45, 7) is 4.25. The quantitative estimate of drug-likeness (QED) is 0.747. The molecule has 1 aliphatic rings. The van der Waals surface area contributed by atoms with E-state index in [0.29, 0.717) is 12.2 Å². The first-order valence-corrected chi connectivity index (χ1v) is 6.22. The fourth-order valence-corrected chi connectivity index (χ4v) is 2.01. The molecule has 2 rings (SSSR count). The molecule has 0 bridgehead atoms. The Labute approximate surface area is 108 Å². The average Bonchev–Trinajstić information content (AvgIpc) is 2.40. The van der Waals surface area contributed by atoms with Crippen molar-refractivity contribution in [1.82, 2.24) is 10.2 Å². The molecule has 0 aliphatic carbocycles. The van der Waals surface area contributed by atoms with Gasteiger partial charge in [-0.2, -0.15) is 0 Å². The van der Waals surface area contributed by atoms with Gasteiger partial charge in [-0.05, 0) is 24.3 Å². The van der Waals surface area contributed by atoms with E-state index in [4.69, 9.17) is 5.73 Å². The monoisotopic (exact) mass is 248 g/mol. The minimum Gasteiger partial charge on any atom is -0.399 e. The Morgan fingerprint density at radius 2 is 1.94 bits per heavy atom. The van der Waals surface area contributed by atoms with E-state index in [1.165, 1.54) is 0 Å². The number of amides is 1. The maximum Gasteiger partial charge on any atom is 0.240 e. The van der Waals surface area contributed by atoms with Gasteiger partial charge in [0.05, 0.1) is 6.54 Å². The molecule has 1 aromatic carbocycles. The molecule has 3 N–H and O–H groups in total. The second-order valence-electron chi connectivity index (χ2n) is 4.57. The van der Waals surface area contributed by atoms with Gasteiger partial charge in [0.15, 0.2) is 0 Å². The normalized spacial score (nSPS) is 16.5. The summed E-state index contributed by atoms with van der Waals surface area (Å²) in [7, 11) is 1.80. The predicted octanol–water partition coefficient (Wildman–Crippen LogP) is 0.137. The Morgan fingerprint density at radius 1 is 1.33 bits per heavy atom. The van der Waals surface area contributed by atoms with Crippen LogP contribution in [0.1, 0.15) is 0 Å². The number of nitrogens with two attached hydrogens (primary N) is 1. The van der Waals surface area contributed by atoms with Crippen molar-refractivity contribution in [2.75, 3.05) is 50.4 Å². The lowest BCUT2D eigenvalue weighted by Gasteiger charge is -2.28. The zero-order valence-corrected chi connectivity index (χ0v) is 10.7. The lowest BCUT2D eigenvalue weighted by molar-refractivity contribution is -0.119. The number of piperazine rings is 1. The lowest BCUT2D eigenvalue weighted by Crippen LogP contribution is -2.47. The van der Waals surface area contributed by atoms with Crippen molar-refractivity contribution in [3.8, 4) is 0 Å². The molecule has 18 heavy (non-hydrogen) atoms. The van der Waals surface area contributed by atoms with Gasteiger partial charge in [-0.25, -0.2) is 0 Å². The molecule has 0 saturated carbocycles. The Balaban J connectivity index is 1.93. The highest BCUT2D eigenvalue weighted by molar-refractivity contribution is 5.94. The van der Waals surface area contributed by atoms with Crippen molar-refractivity contribution >= 4 is 17.3 Å². The van der Waals surface area contributed by atoms with E-state index in [9.17, 15) is 4.79 Å². The van der Waals surface area contributed by atoms with Crippen LogP contribution >= 0.6 is 0 Å². The molecule has 5 heteroatoms. The minimum absolute atomic E-state index is 0.113. The highest BCUT2D eigenvalue weighted by atomic mass is 16.2. The number of rotatable bonds is 3. The van der Waals surface area contributed by atoms with E-state index in [-0.39, 0.29) is 5.91 Å². The number of likely N-dealkylation sites (N-methyl/N-ethyl adjacent to an activating group) is 1. The Bertz CT molecular complexity index is 398. The molecule has 1 heterocycles. The molecule has 5 nitrogen and oxygen atoms in total. The molecule has 0 radical (unpaired) electrons.